The van der Waals surface area contributed by atoms with Crippen LogP contribution in [0.5, 0.6) is 0 Å². The largest absolute Gasteiger partial charge is 0.481 e. The van der Waals surface area contributed by atoms with E-state index in [1.54, 1.807) is 4.90 Å². The van der Waals surface area contributed by atoms with Crippen molar-refractivity contribution in [2.45, 2.75) is 38.5 Å². The highest BCUT2D eigenvalue weighted by Crippen LogP contribution is 2.29. The zero-order valence-corrected chi connectivity index (χ0v) is 11.5. The van der Waals surface area contributed by atoms with Gasteiger partial charge >= 0.3 is 5.97 Å². The predicted molar refractivity (Wildman–Crippen MR) is 72.6 cm³/mol. The van der Waals surface area contributed by atoms with Crippen molar-refractivity contribution in [3.8, 4) is 0 Å². The Morgan fingerprint density at radius 3 is 2.32 bits per heavy atom. The molecule has 0 aliphatic heterocycles. The van der Waals surface area contributed by atoms with E-state index in [-0.39, 0.29) is 11.8 Å². The fraction of sp³-hybridized carbons (Fsp3) is 0.733. The quantitative estimate of drug-likeness (QED) is 0.793. The lowest BCUT2D eigenvalue weighted by molar-refractivity contribution is -0.150. The number of hydrogen-bond acceptors (Lipinski definition) is 2. The van der Waals surface area contributed by atoms with Crippen molar-refractivity contribution in [2.75, 3.05) is 13.6 Å². The fourth-order valence-corrected chi connectivity index (χ4v) is 3.31. The van der Waals surface area contributed by atoms with Crippen LogP contribution < -0.4 is 0 Å². The number of hydrogen-bond donors (Lipinski definition) is 1. The Morgan fingerprint density at radius 2 is 1.74 bits per heavy atom. The Balaban J connectivity index is 1.96. The summed E-state index contributed by atoms with van der Waals surface area (Å²) >= 11 is 0. The van der Waals surface area contributed by atoms with Gasteiger partial charge in [-0.2, -0.15) is 0 Å². The molecule has 1 N–H and O–H groups in total. The fourth-order valence-electron chi connectivity index (χ4n) is 3.31. The molecule has 2 aliphatic carbocycles. The molecule has 2 rings (SSSR count). The summed E-state index contributed by atoms with van der Waals surface area (Å²) in [4.78, 5) is 25.4. The second-order valence-electron chi connectivity index (χ2n) is 5.86. The van der Waals surface area contributed by atoms with Gasteiger partial charge in [0.1, 0.15) is 0 Å². The maximum Gasteiger partial charge on any atom is 0.307 e. The predicted octanol–water partition coefficient (Wildman–Crippen LogP) is 2.30. The molecule has 0 aromatic carbocycles. The number of carboxylic acid groups (broad SMARTS) is 1. The van der Waals surface area contributed by atoms with E-state index in [9.17, 15) is 14.7 Å². The summed E-state index contributed by atoms with van der Waals surface area (Å²) in [5.74, 6) is -1.17. The summed E-state index contributed by atoms with van der Waals surface area (Å²) in [6, 6.07) is 0. The summed E-state index contributed by atoms with van der Waals surface area (Å²) in [5, 5.41) is 9.22. The monoisotopic (exact) mass is 265 g/mol. The highest BCUT2D eigenvalue weighted by molar-refractivity contribution is 5.85. The molecule has 2 aliphatic rings. The minimum Gasteiger partial charge on any atom is -0.481 e. The number of amides is 1. The lowest BCUT2D eigenvalue weighted by Gasteiger charge is -2.30. The van der Waals surface area contributed by atoms with Gasteiger partial charge in [-0.25, -0.2) is 0 Å². The van der Waals surface area contributed by atoms with E-state index >= 15 is 0 Å². The van der Waals surface area contributed by atoms with Crippen molar-refractivity contribution < 1.29 is 14.7 Å². The molecule has 1 amide bonds. The van der Waals surface area contributed by atoms with Crippen LogP contribution in [0.25, 0.3) is 0 Å². The van der Waals surface area contributed by atoms with Crippen LogP contribution in [0.1, 0.15) is 38.5 Å². The molecule has 0 aromatic rings. The lowest BCUT2D eigenvalue weighted by Crippen LogP contribution is -2.41. The van der Waals surface area contributed by atoms with Gasteiger partial charge in [0.2, 0.25) is 5.91 Å². The van der Waals surface area contributed by atoms with E-state index < -0.39 is 11.9 Å². The molecule has 0 heterocycles. The topological polar surface area (TPSA) is 57.6 Å². The summed E-state index contributed by atoms with van der Waals surface area (Å²) in [7, 11) is 1.82. The molecule has 0 spiro atoms. The molecule has 2 unspecified atom stereocenters. The third kappa shape index (κ3) is 3.37. The van der Waals surface area contributed by atoms with Gasteiger partial charge in [0.15, 0.2) is 0 Å². The summed E-state index contributed by atoms with van der Waals surface area (Å²) < 4.78 is 0. The van der Waals surface area contributed by atoms with Crippen molar-refractivity contribution in [3.05, 3.63) is 12.2 Å². The Labute approximate surface area is 114 Å². The van der Waals surface area contributed by atoms with Crippen molar-refractivity contribution in [2.24, 2.45) is 17.8 Å². The normalized spacial score (nSPS) is 27.4. The molecule has 19 heavy (non-hydrogen) atoms. The average Bonchev–Trinajstić information content (AvgIpc) is 2.90. The van der Waals surface area contributed by atoms with E-state index in [4.69, 9.17) is 0 Å². The molecule has 4 heteroatoms. The summed E-state index contributed by atoms with van der Waals surface area (Å²) in [5.41, 5.74) is 0. The minimum absolute atomic E-state index is 0.00338. The average molecular weight is 265 g/mol. The van der Waals surface area contributed by atoms with Crippen molar-refractivity contribution in [3.63, 3.8) is 0 Å². The highest BCUT2D eigenvalue weighted by Gasteiger charge is 2.35. The molecule has 1 fully saturated rings. The van der Waals surface area contributed by atoms with Gasteiger partial charge in [-0.15, -0.1) is 0 Å². The Morgan fingerprint density at radius 1 is 1.16 bits per heavy atom. The van der Waals surface area contributed by atoms with Gasteiger partial charge in [0.05, 0.1) is 11.8 Å². The van der Waals surface area contributed by atoms with Crippen LogP contribution >= 0.6 is 0 Å². The molecular formula is C15H23NO3. The van der Waals surface area contributed by atoms with Crippen LogP contribution in [0.15, 0.2) is 12.2 Å². The maximum absolute atomic E-state index is 12.4. The first-order valence-electron chi connectivity index (χ1n) is 7.22. The van der Waals surface area contributed by atoms with Crippen LogP contribution in [0.2, 0.25) is 0 Å². The second-order valence-corrected chi connectivity index (χ2v) is 5.86. The van der Waals surface area contributed by atoms with E-state index in [0.29, 0.717) is 18.8 Å². The molecule has 4 nitrogen and oxygen atoms in total. The molecule has 0 radical (unpaired) electrons. The Kier molecular flexibility index (Phi) is 4.61. The lowest BCUT2D eigenvalue weighted by atomic mass is 9.82. The van der Waals surface area contributed by atoms with Crippen molar-refractivity contribution in [1.82, 2.24) is 4.90 Å². The molecule has 0 saturated heterocycles. The number of carboxylic acids is 1. The van der Waals surface area contributed by atoms with E-state index in [0.717, 1.165) is 6.54 Å². The first-order valence-corrected chi connectivity index (χ1v) is 7.22. The van der Waals surface area contributed by atoms with Crippen LogP contribution in [0.3, 0.4) is 0 Å². The Bertz CT molecular complexity index is 372. The van der Waals surface area contributed by atoms with Crippen molar-refractivity contribution in [1.29, 1.82) is 0 Å². The third-order valence-corrected chi connectivity index (χ3v) is 4.45. The van der Waals surface area contributed by atoms with Gasteiger partial charge in [-0.05, 0) is 31.6 Å². The highest BCUT2D eigenvalue weighted by atomic mass is 16.4. The standard InChI is InChI=1S/C15H23NO3/c1-16(10-11-6-2-3-7-11)14(17)12-8-4-5-9-13(12)15(18)19/h4-5,11-13H,2-3,6-10H2,1H3,(H,18,19). The van der Waals surface area contributed by atoms with Crippen LogP contribution in [-0.2, 0) is 9.59 Å². The number of aliphatic carboxylic acids is 1. The van der Waals surface area contributed by atoms with Crippen molar-refractivity contribution >= 4 is 11.9 Å². The third-order valence-electron chi connectivity index (χ3n) is 4.45. The summed E-state index contributed by atoms with van der Waals surface area (Å²) in [6.07, 6.45) is 9.76. The van der Waals surface area contributed by atoms with E-state index in [2.05, 4.69) is 0 Å². The van der Waals surface area contributed by atoms with Crippen LogP contribution in [0, 0.1) is 17.8 Å². The second kappa shape index (κ2) is 6.22. The number of allylic oxidation sites excluding steroid dienone is 2. The van der Waals surface area contributed by atoms with Crippen LogP contribution in [0.4, 0.5) is 0 Å². The maximum atomic E-state index is 12.4. The van der Waals surface area contributed by atoms with Gasteiger partial charge in [0.25, 0.3) is 0 Å². The number of rotatable bonds is 4. The van der Waals surface area contributed by atoms with E-state index in [1.165, 1.54) is 25.7 Å². The summed E-state index contributed by atoms with van der Waals surface area (Å²) in [6.45, 7) is 0.783. The molecule has 0 aromatic heterocycles. The molecular weight excluding hydrogens is 242 g/mol. The van der Waals surface area contributed by atoms with Gasteiger partial charge < -0.3 is 10.0 Å². The number of nitrogens with zero attached hydrogens (tertiary/aromatic N) is 1. The van der Waals surface area contributed by atoms with Gasteiger partial charge in [0, 0.05) is 13.6 Å². The first kappa shape index (κ1) is 14.1. The molecule has 2 atom stereocenters. The smallest absolute Gasteiger partial charge is 0.307 e. The van der Waals surface area contributed by atoms with Gasteiger partial charge in [-0.3, -0.25) is 9.59 Å². The zero-order valence-electron chi connectivity index (χ0n) is 11.5. The number of carbonyl (C=O) groups is 2. The van der Waals surface area contributed by atoms with Crippen LogP contribution in [-0.4, -0.2) is 35.5 Å². The number of carbonyl (C=O) groups excluding carboxylic acids is 1. The molecule has 0 bridgehead atoms. The molecule has 106 valence electrons. The van der Waals surface area contributed by atoms with Gasteiger partial charge in [-0.1, -0.05) is 25.0 Å². The van der Waals surface area contributed by atoms with E-state index in [1.807, 2.05) is 19.2 Å². The molecule has 1 saturated carbocycles. The Hall–Kier alpha value is -1.32. The first-order chi connectivity index (χ1) is 9.09. The minimum atomic E-state index is -0.850. The SMILES string of the molecule is CN(CC1CCCC1)C(=O)C1CC=CCC1C(=O)O. The zero-order chi connectivity index (χ0) is 13.8.